The van der Waals surface area contributed by atoms with Crippen LogP contribution in [0.2, 0.25) is 0 Å². The molecule has 1 fully saturated rings. The molecule has 3 heterocycles. The fraction of sp³-hybridized carbons (Fsp3) is 0.381. The normalized spacial score (nSPS) is 16.8. The van der Waals surface area contributed by atoms with Gasteiger partial charge in [-0.1, -0.05) is 29.3 Å². The van der Waals surface area contributed by atoms with E-state index in [1.54, 1.807) is 0 Å². The fourth-order valence-corrected chi connectivity index (χ4v) is 3.32. The Morgan fingerprint density at radius 1 is 1.12 bits per heavy atom. The Morgan fingerprint density at radius 3 is 2.15 bits per heavy atom. The van der Waals surface area contributed by atoms with Gasteiger partial charge in [0.2, 0.25) is 5.91 Å². The second kappa shape index (κ2) is 8.34. The minimum Gasteiger partial charge on any atom is -0.457 e. The molecule has 1 aromatic carbocycles. The molecule has 2 bridgehead atoms. The number of carbonyl (C=O) groups is 1. The molecule has 1 atom stereocenters. The van der Waals surface area contributed by atoms with Gasteiger partial charge in [-0.2, -0.15) is 5.06 Å². The van der Waals surface area contributed by atoms with Crippen molar-refractivity contribution < 1.29 is 14.0 Å². The summed E-state index contributed by atoms with van der Waals surface area (Å²) in [6.07, 6.45) is 0.809. The first-order valence-electron chi connectivity index (χ1n) is 9.07. The van der Waals surface area contributed by atoms with Crippen LogP contribution in [-0.2, 0) is 16.2 Å². The maximum atomic E-state index is 11.8. The highest BCUT2D eigenvalue weighted by Gasteiger charge is 2.31. The van der Waals surface area contributed by atoms with Crippen LogP contribution in [0.25, 0.3) is 11.2 Å². The lowest BCUT2D eigenvalue weighted by atomic mass is 10.1. The van der Waals surface area contributed by atoms with E-state index in [2.05, 4.69) is 37.4 Å². The molecule has 2 aromatic heterocycles. The van der Waals surface area contributed by atoms with Crippen molar-refractivity contribution in [3.63, 3.8) is 0 Å². The van der Waals surface area contributed by atoms with Crippen LogP contribution in [0, 0.1) is 13.8 Å². The van der Waals surface area contributed by atoms with E-state index in [-0.39, 0.29) is 11.9 Å². The van der Waals surface area contributed by atoms with E-state index in [9.17, 15) is 4.79 Å². The molecular formula is C21H26N2O3. The van der Waals surface area contributed by atoms with E-state index in [4.69, 9.17) is 9.25 Å². The van der Waals surface area contributed by atoms with E-state index in [1.165, 1.54) is 16.7 Å². The largest absolute Gasteiger partial charge is 0.457 e. The number of aryl methyl sites for hydroxylation is 2. The summed E-state index contributed by atoms with van der Waals surface area (Å²) in [7, 11) is 0. The molecule has 1 saturated heterocycles. The van der Waals surface area contributed by atoms with Crippen LogP contribution in [0.4, 0.5) is 0 Å². The van der Waals surface area contributed by atoms with Crippen molar-refractivity contribution in [2.24, 2.45) is 0 Å². The van der Waals surface area contributed by atoms with Gasteiger partial charge < -0.3 is 9.73 Å². The number of carbonyl (C=O) groups excluding carboxylic acids is 1. The number of benzene rings is 2. The second-order valence-electron chi connectivity index (χ2n) is 6.66. The zero-order valence-corrected chi connectivity index (χ0v) is 15.6. The highest BCUT2D eigenvalue weighted by Crippen LogP contribution is 2.17. The monoisotopic (exact) mass is 354 g/mol. The van der Waals surface area contributed by atoms with E-state index < -0.39 is 0 Å². The van der Waals surface area contributed by atoms with Gasteiger partial charge in [0.1, 0.15) is 17.2 Å². The molecule has 4 rings (SSSR count). The van der Waals surface area contributed by atoms with Gasteiger partial charge in [-0.25, -0.2) is 0 Å². The Hall–Kier alpha value is -2.37. The highest BCUT2D eigenvalue weighted by molar-refractivity contribution is 5.83. The molecular weight excluding hydrogens is 328 g/mol. The summed E-state index contributed by atoms with van der Waals surface area (Å²) in [5.74, 6) is 0.0674. The molecule has 1 unspecified atom stereocenters. The van der Waals surface area contributed by atoms with E-state index in [0.29, 0.717) is 13.2 Å². The molecule has 5 nitrogen and oxygen atoms in total. The highest BCUT2D eigenvalue weighted by atomic mass is 16.7. The molecule has 1 N–H and O–H groups in total. The first-order chi connectivity index (χ1) is 12.5. The molecule has 26 heavy (non-hydrogen) atoms. The number of hydrogen-bond acceptors (Lipinski definition) is 4. The van der Waals surface area contributed by atoms with Gasteiger partial charge in [-0.05, 0) is 57.0 Å². The minimum absolute atomic E-state index is 0.0674. The summed E-state index contributed by atoms with van der Waals surface area (Å²) < 4.78 is 5.08. The van der Waals surface area contributed by atoms with Crippen LogP contribution in [-0.4, -0.2) is 30.2 Å². The number of fused-ring (bicyclic) bond motifs is 2. The maximum absolute atomic E-state index is 11.8. The molecule has 1 aliphatic heterocycles. The van der Waals surface area contributed by atoms with Crippen LogP contribution in [0.15, 0.2) is 46.9 Å². The van der Waals surface area contributed by atoms with Gasteiger partial charge in [0.15, 0.2) is 0 Å². The van der Waals surface area contributed by atoms with Crippen molar-refractivity contribution in [3.05, 3.63) is 59.2 Å². The molecule has 1 amide bonds. The lowest BCUT2D eigenvalue weighted by molar-refractivity contribution is -0.190. The van der Waals surface area contributed by atoms with E-state index in [0.717, 1.165) is 24.1 Å². The third-order valence-electron chi connectivity index (χ3n) is 4.34. The van der Waals surface area contributed by atoms with Crippen molar-refractivity contribution in [2.45, 2.75) is 39.8 Å². The van der Waals surface area contributed by atoms with Gasteiger partial charge in [-0.3, -0.25) is 9.63 Å². The summed E-state index contributed by atoms with van der Waals surface area (Å²) in [6, 6.07) is 14.1. The van der Waals surface area contributed by atoms with Gasteiger partial charge in [-0.15, -0.1) is 0 Å². The molecule has 1 aliphatic rings. The van der Waals surface area contributed by atoms with Gasteiger partial charge in [0.25, 0.3) is 0 Å². The third-order valence-corrected chi connectivity index (χ3v) is 4.34. The van der Waals surface area contributed by atoms with E-state index >= 15 is 0 Å². The molecule has 3 aromatic rings. The van der Waals surface area contributed by atoms with Crippen LogP contribution >= 0.6 is 0 Å². The number of hydrogen-bond donors (Lipinski definition) is 1. The summed E-state index contributed by atoms with van der Waals surface area (Å²) in [4.78, 5) is 17.4. The molecule has 0 saturated carbocycles. The van der Waals surface area contributed by atoms with Gasteiger partial charge >= 0.3 is 0 Å². The number of nitrogens with one attached hydrogen (secondary N) is 1. The molecule has 5 heteroatoms. The number of rotatable bonds is 5. The lowest BCUT2D eigenvalue weighted by Crippen LogP contribution is -2.40. The molecule has 0 spiro atoms. The SMILES string of the molecule is CCON(Cc1cc(C)cc(C)c1)C1CCNC1=O.c1cc2ccc1o2. The van der Waals surface area contributed by atoms with Crippen LogP contribution in [0.5, 0.6) is 0 Å². The van der Waals surface area contributed by atoms with Gasteiger partial charge in [0, 0.05) is 6.54 Å². The molecule has 0 aliphatic carbocycles. The van der Waals surface area contributed by atoms with Crippen molar-refractivity contribution in [1.82, 2.24) is 10.4 Å². The van der Waals surface area contributed by atoms with Crippen molar-refractivity contribution in [1.29, 1.82) is 0 Å². The standard InChI is InChI=1S/C15H22N2O2.C6H4O/c1-4-19-17(14-5-6-16-15(14)18)10-13-8-11(2)7-12(3)9-13;1-2-6-4-3-5(1)7-6/h7-9,14H,4-6,10H2,1-3H3,(H,16,18);1-4H. The second-order valence-corrected chi connectivity index (χ2v) is 6.66. The summed E-state index contributed by atoms with van der Waals surface area (Å²) in [6.45, 7) is 8.08. The number of furan rings is 2. The first kappa shape index (κ1) is 18.4. The van der Waals surface area contributed by atoms with Gasteiger partial charge in [0.05, 0.1) is 13.2 Å². The Kier molecular flexibility index (Phi) is 5.91. The summed E-state index contributed by atoms with van der Waals surface area (Å²) in [5, 5.41) is 4.67. The zero-order chi connectivity index (χ0) is 18.5. The van der Waals surface area contributed by atoms with Crippen LogP contribution in [0.1, 0.15) is 30.0 Å². The number of hydroxylamine groups is 2. The number of nitrogens with zero attached hydrogens (tertiary/aromatic N) is 1. The lowest BCUT2D eigenvalue weighted by Gasteiger charge is -2.25. The zero-order valence-electron chi connectivity index (χ0n) is 15.6. The van der Waals surface area contributed by atoms with E-state index in [1.807, 2.05) is 36.3 Å². The average molecular weight is 354 g/mol. The van der Waals surface area contributed by atoms with Crippen molar-refractivity contribution >= 4 is 17.1 Å². The quantitative estimate of drug-likeness (QED) is 0.708. The maximum Gasteiger partial charge on any atom is 0.239 e. The number of amides is 1. The first-order valence-corrected chi connectivity index (χ1v) is 9.07. The Balaban J connectivity index is 0.000000229. The van der Waals surface area contributed by atoms with Crippen molar-refractivity contribution in [3.8, 4) is 0 Å². The average Bonchev–Trinajstić information content (AvgIpc) is 3.32. The predicted octanol–water partition coefficient (Wildman–Crippen LogP) is 3.82. The van der Waals surface area contributed by atoms with Crippen LogP contribution < -0.4 is 5.32 Å². The molecule has 0 radical (unpaired) electrons. The summed E-state index contributed by atoms with van der Waals surface area (Å²) in [5.41, 5.74) is 5.60. The smallest absolute Gasteiger partial charge is 0.239 e. The minimum atomic E-state index is -0.166. The predicted molar refractivity (Wildman–Crippen MR) is 102 cm³/mol. The fourth-order valence-electron chi connectivity index (χ4n) is 3.32. The Bertz CT molecular complexity index is 777. The third kappa shape index (κ3) is 4.62. The molecule has 138 valence electrons. The Labute approximate surface area is 154 Å². The summed E-state index contributed by atoms with van der Waals surface area (Å²) >= 11 is 0. The Morgan fingerprint density at radius 2 is 1.73 bits per heavy atom. The topological polar surface area (TPSA) is 54.7 Å². The van der Waals surface area contributed by atoms with Crippen LogP contribution in [0.3, 0.4) is 0 Å². The van der Waals surface area contributed by atoms with Crippen molar-refractivity contribution in [2.75, 3.05) is 13.2 Å².